The summed E-state index contributed by atoms with van der Waals surface area (Å²) in [6, 6.07) is 34.5. The molecule has 45 heavy (non-hydrogen) atoms. The Bertz CT molecular complexity index is 1770. The Morgan fingerprint density at radius 3 is 1.38 bits per heavy atom. The second-order valence-electron chi connectivity index (χ2n) is 16.9. The van der Waals surface area contributed by atoms with Crippen molar-refractivity contribution < 1.29 is 20.0 Å². The van der Waals surface area contributed by atoms with Crippen LogP contribution in [0.1, 0.15) is 89.2 Å². The molecule has 2 atom stereocenters. The minimum atomic E-state index is -3.06. The molecule has 3 aliphatic rings. The summed E-state index contributed by atoms with van der Waals surface area (Å²) in [5.41, 5.74) is 15.0. The number of allylic oxidation sites excluding steroid dienone is 2. The van der Waals surface area contributed by atoms with Crippen molar-refractivity contribution in [3.63, 3.8) is 0 Å². The summed E-state index contributed by atoms with van der Waals surface area (Å²) in [7, 11) is -1.91. The predicted octanol–water partition coefficient (Wildman–Crippen LogP) is 12.6. The van der Waals surface area contributed by atoms with Crippen LogP contribution in [0.25, 0.3) is 34.4 Å². The van der Waals surface area contributed by atoms with Gasteiger partial charge in [-0.2, -0.15) is 0 Å². The Morgan fingerprint density at radius 1 is 0.600 bits per heavy atom. The zero-order valence-corrected chi connectivity index (χ0v) is 33.7. The van der Waals surface area contributed by atoms with Gasteiger partial charge in [-0.1, -0.05) is 0 Å². The van der Waals surface area contributed by atoms with Crippen molar-refractivity contribution in [2.24, 2.45) is 0 Å². The van der Waals surface area contributed by atoms with E-state index < -0.39 is 28.0 Å². The molecular weight excluding hydrogens is 723 g/mol. The molecule has 0 aromatic heterocycles. The zero-order valence-electron chi connectivity index (χ0n) is 29.1. The van der Waals surface area contributed by atoms with E-state index in [9.17, 15) is 0 Å². The maximum atomic E-state index is 2.79. The Morgan fingerprint density at radius 2 is 1.00 bits per heavy atom. The van der Waals surface area contributed by atoms with Crippen LogP contribution in [0.15, 0.2) is 95.3 Å². The Hall–Kier alpha value is -2.55. The van der Waals surface area contributed by atoms with Crippen molar-refractivity contribution in [2.45, 2.75) is 88.6 Å². The van der Waals surface area contributed by atoms with Gasteiger partial charge in [0.2, 0.25) is 0 Å². The van der Waals surface area contributed by atoms with Crippen molar-refractivity contribution in [2.75, 3.05) is 0 Å². The molecule has 1 aliphatic heterocycles. The molecule has 0 N–H and O–H groups in total. The second kappa shape index (κ2) is 10.5. The molecule has 0 amide bonds. The number of rotatable bonds is 3. The maximum absolute atomic E-state index is 3.06. The van der Waals surface area contributed by atoms with E-state index in [1.54, 1.807) is 11.1 Å². The van der Waals surface area contributed by atoms with E-state index in [-0.39, 0.29) is 10.8 Å². The molecule has 4 aromatic carbocycles. The molecule has 1 saturated heterocycles. The van der Waals surface area contributed by atoms with Gasteiger partial charge in [0, 0.05) is 0 Å². The SMILES string of the molecule is CC[Si]1(C)C2=Cc3c(-c4cccc(C(C)(C)C)c4)cccc3[CH]2[Hf]([CH3])([CH3])[CH]2C1=Cc1c(-c3cccc(C(C)(C)C)c3)cccc12. The molecule has 2 unspecified atom stereocenters. The number of benzene rings is 4. The normalized spacial score (nSPS) is 23.1. The zero-order chi connectivity index (χ0) is 32.1. The molecule has 1 heterocycles. The van der Waals surface area contributed by atoms with Gasteiger partial charge in [0.25, 0.3) is 0 Å². The third kappa shape index (κ3) is 4.76. The molecule has 230 valence electrons. The first-order chi connectivity index (χ1) is 21.2. The Balaban J connectivity index is 1.40. The first kappa shape index (κ1) is 31.1. The fraction of sp³-hybridized carbons (Fsp3) is 0.349. The molecule has 0 saturated carbocycles. The van der Waals surface area contributed by atoms with Gasteiger partial charge >= 0.3 is 280 Å². The number of hydrogen-bond donors (Lipinski definition) is 0. The molecule has 7 rings (SSSR count). The van der Waals surface area contributed by atoms with Gasteiger partial charge in [-0.3, -0.25) is 0 Å². The average molecular weight is 773 g/mol. The summed E-state index contributed by atoms with van der Waals surface area (Å²) in [6.45, 7) is 19.1. The number of hydrogen-bond acceptors (Lipinski definition) is 0. The van der Waals surface area contributed by atoms with Gasteiger partial charge in [-0.05, 0) is 0 Å². The van der Waals surface area contributed by atoms with E-state index in [1.165, 1.54) is 50.6 Å². The van der Waals surface area contributed by atoms with Crippen LogP contribution in [-0.4, -0.2) is 8.07 Å². The van der Waals surface area contributed by atoms with Gasteiger partial charge in [0.15, 0.2) is 0 Å². The first-order valence-electron chi connectivity index (χ1n) is 17.1. The molecule has 4 aromatic rings. The van der Waals surface area contributed by atoms with Crippen LogP contribution >= 0.6 is 0 Å². The van der Waals surface area contributed by atoms with Crippen LogP contribution in [0, 0.1) is 0 Å². The number of fused-ring (bicyclic) bond motifs is 6. The predicted molar refractivity (Wildman–Crippen MR) is 196 cm³/mol. The van der Waals surface area contributed by atoms with Gasteiger partial charge in [-0.25, -0.2) is 0 Å². The summed E-state index contributed by atoms with van der Waals surface area (Å²) in [6.07, 6.45) is 5.45. The third-order valence-corrected chi connectivity index (χ3v) is 33.7. The quantitative estimate of drug-likeness (QED) is 0.182. The van der Waals surface area contributed by atoms with Gasteiger partial charge < -0.3 is 0 Å². The molecule has 0 bridgehead atoms. The fourth-order valence-corrected chi connectivity index (χ4v) is 40.7. The van der Waals surface area contributed by atoms with Crippen LogP contribution in [-0.2, 0) is 30.8 Å². The summed E-state index contributed by atoms with van der Waals surface area (Å²) in [5, 5.41) is 3.69. The van der Waals surface area contributed by atoms with E-state index in [0.717, 1.165) is 0 Å². The van der Waals surface area contributed by atoms with Crippen LogP contribution < -0.4 is 0 Å². The Kier molecular flexibility index (Phi) is 7.23. The monoisotopic (exact) mass is 774 g/mol. The summed E-state index contributed by atoms with van der Waals surface area (Å²) in [5.74, 6) is 0. The first-order valence-corrected chi connectivity index (χ1v) is 31.1. The molecule has 1 fully saturated rings. The van der Waals surface area contributed by atoms with E-state index in [1.807, 2.05) is 10.4 Å². The van der Waals surface area contributed by atoms with Crippen LogP contribution in [0.4, 0.5) is 0 Å². The van der Waals surface area contributed by atoms with Crippen LogP contribution in [0.3, 0.4) is 0 Å². The van der Waals surface area contributed by atoms with Gasteiger partial charge in [0.05, 0.1) is 0 Å². The Labute approximate surface area is 278 Å². The van der Waals surface area contributed by atoms with Crippen molar-refractivity contribution >= 4 is 20.2 Å². The van der Waals surface area contributed by atoms with Gasteiger partial charge in [0.1, 0.15) is 0 Å². The summed E-state index contributed by atoms with van der Waals surface area (Å²) in [4.78, 5) is 0. The second-order valence-corrected chi connectivity index (χ2v) is 38.6. The van der Waals surface area contributed by atoms with E-state index >= 15 is 0 Å². The van der Waals surface area contributed by atoms with Gasteiger partial charge in [-0.15, -0.1) is 0 Å². The van der Waals surface area contributed by atoms with E-state index in [4.69, 9.17) is 0 Å². The average Bonchev–Trinajstić information content (AvgIpc) is 3.61. The van der Waals surface area contributed by atoms with Crippen molar-refractivity contribution in [1.82, 2.24) is 0 Å². The molecule has 0 nitrogen and oxygen atoms in total. The molecule has 2 aliphatic carbocycles. The van der Waals surface area contributed by atoms with Crippen molar-refractivity contribution in [3.05, 3.63) is 129 Å². The topological polar surface area (TPSA) is 0 Å². The standard InChI is InChI=1S/C41H44Si.2CH3.Hf/c1-9-42(8,34-24-30-16-12-20-36(38(30)26-34)28-14-10-18-32(22-28)40(2,3)4)35-25-31-17-13-21-37(39(31)27-35)29-15-11-19-33(23-29)41(5,6)7;;;/h10-27H,9H2,1-8H3;2*1H3;. The minimum absolute atomic E-state index is 0.136. The summed E-state index contributed by atoms with van der Waals surface area (Å²) < 4.78 is 6.90. The van der Waals surface area contributed by atoms with Crippen molar-refractivity contribution in [1.29, 1.82) is 0 Å². The fourth-order valence-electron chi connectivity index (χ4n) is 8.91. The van der Waals surface area contributed by atoms with Crippen LogP contribution in [0.2, 0.25) is 22.0 Å². The van der Waals surface area contributed by atoms with Crippen molar-refractivity contribution in [3.8, 4) is 22.3 Å². The van der Waals surface area contributed by atoms with E-state index in [2.05, 4.69) is 161 Å². The van der Waals surface area contributed by atoms with E-state index in [0.29, 0.717) is 7.35 Å². The third-order valence-electron chi connectivity index (χ3n) is 11.7. The van der Waals surface area contributed by atoms with Crippen LogP contribution in [0.5, 0.6) is 0 Å². The summed E-state index contributed by atoms with van der Waals surface area (Å²) >= 11 is -3.06. The molecular formula is C43H50HfSi. The molecule has 2 heteroatoms. The molecule has 0 spiro atoms. The molecule has 0 radical (unpaired) electrons.